The monoisotopic (exact) mass is 769 g/mol. The Kier molecular flexibility index (Phi) is 9.73. The van der Waals surface area contributed by atoms with Gasteiger partial charge in [-0.3, -0.25) is 19.2 Å². The first-order valence-corrected chi connectivity index (χ1v) is 15.7. The molecule has 1 heterocycles. The van der Waals surface area contributed by atoms with E-state index < -0.39 is 22.9 Å². The first-order chi connectivity index (χ1) is 20.7. The molecule has 1 atom stereocenters. The minimum absolute atomic E-state index is 0.0498. The molecule has 1 aliphatic heterocycles. The quantitative estimate of drug-likeness (QED) is 0.114. The number of nitrogens with zero attached hydrogens (tertiary/aromatic N) is 1. The molecule has 0 aliphatic carbocycles. The highest BCUT2D eigenvalue weighted by atomic mass is 127. The molecule has 5 rings (SSSR count). The van der Waals surface area contributed by atoms with Gasteiger partial charge in [-0.05, 0) is 101 Å². The van der Waals surface area contributed by atoms with Crippen LogP contribution in [0.3, 0.4) is 0 Å². The van der Waals surface area contributed by atoms with E-state index in [1.165, 1.54) is 47.0 Å². The van der Waals surface area contributed by atoms with Gasteiger partial charge in [0.05, 0.1) is 16.5 Å². The number of carbonyl (C=O) groups is 4. The van der Waals surface area contributed by atoms with Gasteiger partial charge < -0.3 is 10.6 Å². The topological polar surface area (TPSA) is 95.6 Å². The number of hydrogen-bond acceptors (Lipinski definition) is 5. The molecule has 7 nitrogen and oxygen atoms in total. The molecular formula is C32H22BrFIN3O4S. The SMILES string of the molecule is O=C(Nc1cccc(SC2CC(=O)N(c3ccc(I)cc3)C2=O)c1)/C(=C/c1ccc(Br)cc1)NC(=O)c1ccccc1F. The summed E-state index contributed by atoms with van der Waals surface area (Å²) < 4.78 is 16.1. The van der Waals surface area contributed by atoms with Crippen molar-refractivity contribution in [2.45, 2.75) is 16.6 Å². The molecule has 1 fully saturated rings. The Morgan fingerprint density at radius 1 is 0.953 bits per heavy atom. The van der Waals surface area contributed by atoms with E-state index in [1.54, 1.807) is 60.7 Å². The van der Waals surface area contributed by atoms with Crippen molar-refractivity contribution in [3.63, 3.8) is 0 Å². The highest BCUT2D eigenvalue weighted by molar-refractivity contribution is 14.1. The fourth-order valence-corrected chi connectivity index (χ4v) is 6.02. The van der Waals surface area contributed by atoms with Crippen LogP contribution in [0.4, 0.5) is 15.8 Å². The van der Waals surface area contributed by atoms with Gasteiger partial charge in [0, 0.05) is 25.0 Å². The van der Waals surface area contributed by atoms with Crippen molar-refractivity contribution in [1.29, 1.82) is 0 Å². The largest absolute Gasteiger partial charge is 0.321 e. The van der Waals surface area contributed by atoms with Crippen LogP contribution in [-0.4, -0.2) is 28.9 Å². The number of hydrogen-bond donors (Lipinski definition) is 2. The van der Waals surface area contributed by atoms with Gasteiger partial charge >= 0.3 is 0 Å². The van der Waals surface area contributed by atoms with Crippen LogP contribution in [-0.2, 0) is 14.4 Å². The second-order valence-electron chi connectivity index (χ2n) is 9.38. The third-order valence-electron chi connectivity index (χ3n) is 6.35. The molecule has 0 saturated carbocycles. The lowest BCUT2D eigenvalue weighted by atomic mass is 10.1. The number of carbonyl (C=O) groups excluding carboxylic acids is 4. The predicted molar refractivity (Wildman–Crippen MR) is 177 cm³/mol. The fourth-order valence-electron chi connectivity index (χ4n) is 4.29. The van der Waals surface area contributed by atoms with Gasteiger partial charge in [-0.15, -0.1) is 11.8 Å². The summed E-state index contributed by atoms with van der Waals surface area (Å²) in [5, 5.41) is 4.68. The molecular weight excluding hydrogens is 748 g/mol. The average molecular weight is 770 g/mol. The molecule has 11 heteroatoms. The van der Waals surface area contributed by atoms with E-state index >= 15 is 0 Å². The van der Waals surface area contributed by atoms with E-state index in [9.17, 15) is 23.6 Å². The molecule has 4 aromatic rings. The molecule has 0 bridgehead atoms. The van der Waals surface area contributed by atoms with Gasteiger partial charge in [0.2, 0.25) is 11.8 Å². The summed E-state index contributed by atoms with van der Waals surface area (Å²) in [6.07, 6.45) is 1.54. The number of halogens is 3. The summed E-state index contributed by atoms with van der Waals surface area (Å²) in [5.74, 6) is -2.70. The zero-order valence-corrected chi connectivity index (χ0v) is 26.8. The lowest BCUT2D eigenvalue weighted by Gasteiger charge is -2.15. The van der Waals surface area contributed by atoms with Gasteiger partial charge in [0.25, 0.3) is 11.8 Å². The van der Waals surface area contributed by atoms with Crippen LogP contribution in [0.15, 0.2) is 112 Å². The van der Waals surface area contributed by atoms with Crippen LogP contribution in [0.5, 0.6) is 0 Å². The average Bonchev–Trinajstić information content (AvgIpc) is 3.26. The lowest BCUT2D eigenvalue weighted by Crippen LogP contribution is -2.31. The Balaban J connectivity index is 1.33. The predicted octanol–water partition coefficient (Wildman–Crippen LogP) is 7.03. The van der Waals surface area contributed by atoms with Crippen LogP contribution in [0.25, 0.3) is 6.08 Å². The lowest BCUT2D eigenvalue weighted by molar-refractivity contribution is -0.121. The van der Waals surface area contributed by atoms with Gasteiger partial charge in [0.1, 0.15) is 11.5 Å². The van der Waals surface area contributed by atoms with Crippen molar-refractivity contribution in [1.82, 2.24) is 5.32 Å². The third kappa shape index (κ3) is 7.59. The van der Waals surface area contributed by atoms with Crippen LogP contribution < -0.4 is 15.5 Å². The summed E-state index contributed by atoms with van der Waals surface area (Å²) in [6, 6.07) is 26.6. The summed E-state index contributed by atoms with van der Waals surface area (Å²) in [5.41, 5.74) is 1.27. The van der Waals surface area contributed by atoms with E-state index in [2.05, 4.69) is 49.2 Å². The number of rotatable bonds is 8. The van der Waals surface area contributed by atoms with Crippen molar-refractivity contribution in [3.8, 4) is 0 Å². The highest BCUT2D eigenvalue weighted by Gasteiger charge is 2.40. The van der Waals surface area contributed by atoms with E-state index in [4.69, 9.17) is 0 Å². The molecule has 0 aromatic heterocycles. The van der Waals surface area contributed by atoms with Gasteiger partial charge in [0.15, 0.2) is 0 Å². The number of nitrogens with one attached hydrogen (secondary N) is 2. The second-order valence-corrected chi connectivity index (χ2v) is 12.8. The van der Waals surface area contributed by atoms with Crippen molar-refractivity contribution in [3.05, 3.63) is 128 Å². The van der Waals surface area contributed by atoms with Crippen molar-refractivity contribution in [2.75, 3.05) is 10.2 Å². The van der Waals surface area contributed by atoms with Crippen molar-refractivity contribution >= 4 is 91.4 Å². The van der Waals surface area contributed by atoms with E-state index in [1.807, 2.05) is 12.1 Å². The maximum atomic E-state index is 14.3. The Morgan fingerprint density at radius 2 is 1.67 bits per heavy atom. The molecule has 4 amide bonds. The molecule has 4 aromatic carbocycles. The summed E-state index contributed by atoms with van der Waals surface area (Å²) in [6.45, 7) is 0. The molecule has 216 valence electrons. The molecule has 1 aliphatic rings. The van der Waals surface area contributed by atoms with Gasteiger partial charge in [-0.25, -0.2) is 9.29 Å². The van der Waals surface area contributed by atoms with Crippen molar-refractivity contribution in [2.24, 2.45) is 0 Å². The molecule has 1 saturated heterocycles. The van der Waals surface area contributed by atoms with Crippen LogP contribution in [0.1, 0.15) is 22.3 Å². The maximum absolute atomic E-state index is 14.3. The number of anilines is 2. The highest BCUT2D eigenvalue weighted by Crippen LogP contribution is 2.35. The standard InChI is InChI=1S/C32H22BrFIN3O4S/c33-20-10-8-19(9-11-20)16-27(37-30(40)25-6-1-2-7-26(25)34)31(41)36-22-4-3-5-24(17-22)43-28-18-29(39)38(32(28)42)23-14-12-21(35)13-15-23/h1-17,28H,18H2,(H,36,41)(H,37,40)/b27-16-. The number of imide groups is 1. The van der Waals surface area contributed by atoms with Crippen LogP contribution in [0.2, 0.25) is 0 Å². The number of amides is 4. The number of benzene rings is 4. The zero-order valence-electron chi connectivity index (χ0n) is 22.2. The zero-order chi connectivity index (χ0) is 30.5. The number of thioether (sulfide) groups is 1. The summed E-state index contributed by atoms with van der Waals surface area (Å²) in [4.78, 5) is 54.0. The Labute approximate surface area is 273 Å². The molecule has 0 spiro atoms. The van der Waals surface area contributed by atoms with E-state index in [0.29, 0.717) is 21.8 Å². The van der Waals surface area contributed by atoms with Crippen molar-refractivity contribution < 1.29 is 23.6 Å². The summed E-state index contributed by atoms with van der Waals surface area (Å²) in [7, 11) is 0. The third-order valence-corrected chi connectivity index (χ3v) is 8.78. The first-order valence-electron chi connectivity index (χ1n) is 12.9. The van der Waals surface area contributed by atoms with Crippen LogP contribution >= 0.6 is 50.3 Å². The van der Waals surface area contributed by atoms with Crippen LogP contribution in [0, 0.1) is 9.39 Å². The molecule has 0 radical (unpaired) electrons. The Hall–Kier alpha value is -3.81. The fraction of sp³-hybridized carbons (Fsp3) is 0.0625. The normalized spacial score (nSPS) is 15.0. The Bertz CT molecular complexity index is 1750. The first kappa shape index (κ1) is 30.6. The summed E-state index contributed by atoms with van der Waals surface area (Å²) >= 11 is 6.76. The van der Waals surface area contributed by atoms with E-state index in [0.717, 1.165) is 8.04 Å². The minimum Gasteiger partial charge on any atom is -0.321 e. The van der Waals surface area contributed by atoms with E-state index in [-0.39, 0.29) is 29.5 Å². The smallest absolute Gasteiger partial charge is 0.272 e. The molecule has 2 N–H and O–H groups in total. The molecule has 1 unspecified atom stereocenters. The van der Waals surface area contributed by atoms with Gasteiger partial charge in [-0.2, -0.15) is 0 Å². The minimum atomic E-state index is -0.775. The second kappa shape index (κ2) is 13.7. The molecule has 43 heavy (non-hydrogen) atoms. The Morgan fingerprint density at radius 3 is 2.40 bits per heavy atom. The maximum Gasteiger partial charge on any atom is 0.272 e. The van der Waals surface area contributed by atoms with Gasteiger partial charge in [-0.1, -0.05) is 46.3 Å².